The Balaban J connectivity index is 1.83. The number of aliphatic hydroxyl groups excluding tert-OH is 1. The van der Waals surface area contributed by atoms with Gasteiger partial charge in [0, 0.05) is 18.2 Å². The predicted molar refractivity (Wildman–Crippen MR) is 83.1 cm³/mol. The van der Waals surface area contributed by atoms with Crippen molar-refractivity contribution >= 4 is 5.69 Å². The molecule has 104 valence electrons. The molecule has 0 radical (unpaired) electrons. The third-order valence-electron chi connectivity index (χ3n) is 4.28. The van der Waals surface area contributed by atoms with E-state index in [1.54, 1.807) is 0 Å². The Labute approximate surface area is 120 Å². The van der Waals surface area contributed by atoms with Crippen molar-refractivity contribution in [3.8, 4) is 0 Å². The summed E-state index contributed by atoms with van der Waals surface area (Å²) >= 11 is 0. The van der Waals surface area contributed by atoms with E-state index in [9.17, 15) is 5.11 Å². The molecule has 2 nitrogen and oxygen atoms in total. The van der Waals surface area contributed by atoms with Crippen LogP contribution in [0.15, 0.2) is 60.7 Å². The van der Waals surface area contributed by atoms with E-state index in [-0.39, 0.29) is 12.6 Å². The number of benzene rings is 2. The van der Waals surface area contributed by atoms with Gasteiger partial charge in [-0.3, -0.25) is 0 Å². The summed E-state index contributed by atoms with van der Waals surface area (Å²) in [7, 11) is 0. The second kappa shape index (κ2) is 6.10. The zero-order valence-electron chi connectivity index (χ0n) is 11.7. The third-order valence-corrected chi connectivity index (χ3v) is 4.28. The zero-order valence-corrected chi connectivity index (χ0v) is 11.7. The first kappa shape index (κ1) is 13.2. The van der Waals surface area contributed by atoms with Crippen LogP contribution in [0.25, 0.3) is 0 Å². The van der Waals surface area contributed by atoms with Gasteiger partial charge in [0.05, 0.1) is 12.6 Å². The van der Waals surface area contributed by atoms with Crippen molar-refractivity contribution in [2.75, 3.05) is 18.1 Å². The van der Waals surface area contributed by atoms with Crippen molar-refractivity contribution in [3.63, 3.8) is 0 Å². The van der Waals surface area contributed by atoms with Gasteiger partial charge in [-0.1, -0.05) is 48.5 Å². The fraction of sp³-hybridized carbons (Fsp3) is 0.333. The highest BCUT2D eigenvalue weighted by atomic mass is 16.3. The van der Waals surface area contributed by atoms with Crippen LogP contribution in [0.5, 0.6) is 0 Å². The number of hydrogen-bond acceptors (Lipinski definition) is 2. The Kier molecular flexibility index (Phi) is 4.03. The van der Waals surface area contributed by atoms with Crippen molar-refractivity contribution < 1.29 is 5.11 Å². The van der Waals surface area contributed by atoms with Crippen LogP contribution in [0.2, 0.25) is 0 Å². The van der Waals surface area contributed by atoms with E-state index in [4.69, 9.17) is 0 Å². The van der Waals surface area contributed by atoms with Gasteiger partial charge in [0.15, 0.2) is 0 Å². The standard InChI is InChI=1S/C18H21NO/c20-14-18-12-11-16(15-7-3-1-4-8-15)13-19(18)17-9-5-2-6-10-17/h1-10,16,18,20H,11-14H2. The SMILES string of the molecule is OCC1CCC(c2ccccc2)CN1c1ccccc1. The van der Waals surface area contributed by atoms with Crippen LogP contribution < -0.4 is 4.90 Å². The monoisotopic (exact) mass is 267 g/mol. The van der Waals surface area contributed by atoms with Gasteiger partial charge in [-0.2, -0.15) is 0 Å². The molecule has 2 heteroatoms. The highest BCUT2D eigenvalue weighted by Crippen LogP contribution is 2.32. The molecule has 2 aromatic carbocycles. The zero-order chi connectivity index (χ0) is 13.8. The van der Waals surface area contributed by atoms with Crippen LogP contribution in [-0.4, -0.2) is 24.3 Å². The van der Waals surface area contributed by atoms with Gasteiger partial charge in [0.25, 0.3) is 0 Å². The smallest absolute Gasteiger partial charge is 0.0635 e. The van der Waals surface area contributed by atoms with Crippen LogP contribution in [-0.2, 0) is 0 Å². The van der Waals surface area contributed by atoms with E-state index in [1.807, 2.05) is 6.07 Å². The van der Waals surface area contributed by atoms with Crippen LogP contribution >= 0.6 is 0 Å². The Bertz CT molecular complexity index is 526. The number of aliphatic hydroxyl groups is 1. The number of anilines is 1. The van der Waals surface area contributed by atoms with E-state index in [0.29, 0.717) is 5.92 Å². The lowest BCUT2D eigenvalue weighted by atomic mass is 9.87. The molecule has 1 aliphatic rings. The minimum absolute atomic E-state index is 0.233. The van der Waals surface area contributed by atoms with Gasteiger partial charge < -0.3 is 10.0 Å². The number of piperidine rings is 1. The first-order valence-electron chi connectivity index (χ1n) is 7.36. The highest BCUT2D eigenvalue weighted by Gasteiger charge is 2.28. The summed E-state index contributed by atoms with van der Waals surface area (Å²) in [5, 5.41) is 9.64. The summed E-state index contributed by atoms with van der Waals surface area (Å²) in [6.07, 6.45) is 2.20. The summed E-state index contributed by atoms with van der Waals surface area (Å²) in [4.78, 5) is 2.36. The second-order valence-corrected chi connectivity index (χ2v) is 5.51. The lowest BCUT2D eigenvalue weighted by Crippen LogP contribution is -2.44. The van der Waals surface area contributed by atoms with Gasteiger partial charge in [-0.25, -0.2) is 0 Å². The molecule has 20 heavy (non-hydrogen) atoms. The number of rotatable bonds is 3. The fourth-order valence-corrected chi connectivity index (χ4v) is 3.15. The van der Waals surface area contributed by atoms with E-state index < -0.39 is 0 Å². The van der Waals surface area contributed by atoms with E-state index in [2.05, 4.69) is 59.5 Å². The lowest BCUT2D eigenvalue weighted by Gasteiger charge is -2.40. The molecule has 0 aromatic heterocycles. The minimum Gasteiger partial charge on any atom is -0.394 e. The number of nitrogens with zero attached hydrogens (tertiary/aromatic N) is 1. The normalized spacial score (nSPS) is 22.8. The first-order valence-corrected chi connectivity index (χ1v) is 7.36. The van der Waals surface area contributed by atoms with E-state index >= 15 is 0 Å². The largest absolute Gasteiger partial charge is 0.394 e. The fourth-order valence-electron chi connectivity index (χ4n) is 3.15. The Morgan fingerprint density at radius 2 is 1.55 bits per heavy atom. The van der Waals surface area contributed by atoms with Gasteiger partial charge in [0.1, 0.15) is 0 Å². The van der Waals surface area contributed by atoms with Crippen LogP contribution in [0, 0.1) is 0 Å². The molecule has 1 saturated heterocycles. The first-order chi connectivity index (χ1) is 9.88. The molecule has 1 aliphatic heterocycles. The van der Waals surface area contributed by atoms with Crippen molar-refractivity contribution in [1.29, 1.82) is 0 Å². The average molecular weight is 267 g/mol. The lowest BCUT2D eigenvalue weighted by molar-refractivity contribution is 0.234. The minimum atomic E-state index is 0.233. The molecule has 2 aromatic rings. The van der Waals surface area contributed by atoms with Gasteiger partial charge >= 0.3 is 0 Å². The van der Waals surface area contributed by atoms with Gasteiger partial charge in [-0.15, -0.1) is 0 Å². The Morgan fingerprint density at radius 1 is 0.900 bits per heavy atom. The summed E-state index contributed by atoms with van der Waals surface area (Å²) < 4.78 is 0. The summed E-state index contributed by atoms with van der Waals surface area (Å²) in [5.74, 6) is 0.555. The van der Waals surface area contributed by atoms with Crippen molar-refractivity contribution in [3.05, 3.63) is 66.2 Å². The molecule has 0 bridgehead atoms. The number of para-hydroxylation sites is 1. The number of hydrogen-bond donors (Lipinski definition) is 1. The summed E-state index contributed by atoms with van der Waals surface area (Å²) in [5.41, 5.74) is 2.62. The Hall–Kier alpha value is -1.80. The van der Waals surface area contributed by atoms with Crippen LogP contribution in [0.3, 0.4) is 0 Å². The van der Waals surface area contributed by atoms with E-state index in [0.717, 1.165) is 19.4 Å². The van der Waals surface area contributed by atoms with Gasteiger partial charge in [0.2, 0.25) is 0 Å². The quantitative estimate of drug-likeness (QED) is 0.921. The molecule has 1 N–H and O–H groups in total. The second-order valence-electron chi connectivity index (χ2n) is 5.51. The predicted octanol–water partition coefficient (Wildman–Crippen LogP) is 3.43. The summed E-state index contributed by atoms with van der Waals surface area (Å²) in [6.45, 7) is 1.22. The average Bonchev–Trinajstić information content (AvgIpc) is 2.56. The molecule has 0 aliphatic carbocycles. The van der Waals surface area contributed by atoms with Crippen molar-refractivity contribution in [2.24, 2.45) is 0 Å². The van der Waals surface area contributed by atoms with E-state index in [1.165, 1.54) is 11.3 Å². The Morgan fingerprint density at radius 3 is 2.20 bits per heavy atom. The topological polar surface area (TPSA) is 23.5 Å². The molecule has 0 amide bonds. The maximum absolute atomic E-state index is 9.64. The molecule has 0 spiro atoms. The third kappa shape index (κ3) is 2.70. The van der Waals surface area contributed by atoms with Crippen LogP contribution in [0.1, 0.15) is 24.3 Å². The van der Waals surface area contributed by atoms with Crippen molar-refractivity contribution in [1.82, 2.24) is 0 Å². The maximum Gasteiger partial charge on any atom is 0.0635 e. The van der Waals surface area contributed by atoms with Crippen LogP contribution in [0.4, 0.5) is 5.69 Å². The molecule has 1 heterocycles. The maximum atomic E-state index is 9.64. The summed E-state index contributed by atoms with van der Waals surface area (Å²) in [6, 6.07) is 21.4. The van der Waals surface area contributed by atoms with Crippen molar-refractivity contribution in [2.45, 2.75) is 24.8 Å². The molecule has 1 fully saturated rings. The molecular formula is C18H21NO. The molecule has 3 rings (SSSR count). The highest BCUT2D eigenvalue weighted by molar-refractivity contribution is 5.48. The molecule has 0 saturated carbocycles. The van der Waals surface area contributed by atoms with Gasteiger partial charge in [-0.05, 0) is 30.5 Å². The molecule has 2 atom stereocenters. The molecule has 2 unspecified atom stereocenters. The molecular weight excluding hydrogens is 246 g/mol.